The first-order valence-corrected chi connectivity index (χ1v) is 21.3. The first-order chi connectivity index (χ1) is 30.5. The second-order valence-electron chi connectivity index (χ2n) is 15.7. The third kappa shape index (κ3) is 8.58. The molecular formula is C58H50N4. The molecule has 8 aromatic rings. The van der Waals surface area contributed by atoms with E-state index in [1.165, 1.54) is 16.8 Å². The Hall–Kier alpha value is -7.82. The average Bonchev–Trinajstić information content (AvgIpc) is 3.32. The molecule has 0 aromatic heterocycles. The van der Waals surface area contributed by atoms with Gasteiger partial charge in [0.1, 0.15) is 0 Å². The Morgan fingerprint density at radius 1 is 0.371 bits per heavy atom. The van der Waals surface area contributed by atoms with E-state index >= 15 is 0 Å². The van der Waals surface area contributed by atoms with Crippen LogP contribution in [-0.2, 0) is 0 Å². The maximum atomic E-state index is 4.04. The highest BCUT2D eigenvalue weighted by Gasteiger charge is 2.20. The molecule has 0 aliphatic heterocycles. The van der Waals surface area contributed by atoms with Gasteiger partial charge in [-0.25, -0.2) is 0 Å². The molecule has 0 saturated carbocycles. The van der Waals surface area contributed by atoms with Crippen molar-refractivity contribution >= 4 is 68.6 Å². The molecule has 1 aliphatic rings. The van der Waals surface area contributed by atoms with Crippen molar-refractivity contribution in [3.8, 4) is 0 Å². The first-order valence-electron chi connectivity index (χ1n) is 21.3. The molecule has 0 heterocycles. The Balaban J connectivity index is 1.14. The van der Waals surface area contributed by atoms with E-state index in [4.69, 9.17) is 0 Å². The van der Waals surface area contributed by atoms with Crippen molar-refractivity contribution in [1.82, 2.24) is 0 Å². The summed E-state index contributed by atoms with van der Waals surface area (Å²) >= 11 is 0. The topological polar surface area (TPSA) is 13.0 Å². The summed E-state index contributed by atoms with van der Waals surface area (Å²) in [5.74, 6) is 0. The SMILES string of the molecule is C=Cc1cccc(N(c2ccccc2)c2ccc(N(c3ccc(N(C4=CCCC(C)=C4)c4ccccc4)cc3)c3ccc(N(c4ccccc4)c4cccc(C)c4)cc3)cc2)c1. The van der Waals surface area contributed by atoms with E-state index in [-0.39, 0.29) is 0 Å². The standard InChI is InChI=1S/C58H50N4/c1-4-46-19-16-28-58(43-46)62(49-24-12-7-13-25-49)55-39-33-52(34-40-55)59(50-29-35-53(36-30-50)60(47-20-8-5-9-21-47)56-26-14-17-44(2)41-56)51-31-37-54(38-32-51)61(48-22-10-6-11-23-48)57-27-15-18-45(3)42-57/h4-14,16-17,19-43H,1,15,18H2,2-3H3. The molecule has 0 unspecified atom stereocenters. The van der Waals surface area contributed by atoms with Crippen molar-refractivity contribution in [3.05, 3.63) is 253 Å². The van der Waals surface area contributed by atoms with E-state index in [2.05, 4.69) is 265 Å². The van der Waals surface area contributed by atoms with Gasteiger partial charge in [0.25, 0.3) is 0 Å². The number of rotatable bonds is 13. The highest BCUT2D eigenvalue weighted by molar-refractivity contribution is 5.84. The molecule has 302 valence electrons. The molecule has 62 heavy (non-hydrogen) atoms. The van der Waals surface area contributed by atoms with Crippen LogP contribution in [0, 0.1) is 6.92 Å². The molecule has 0 atom stereocenters. The minimum Gasteiger partial charge on any atom is -0.311 e. The third-order valence-electron chi connectivity index (χ3n) is 11.3. The van der Waals surface area contributed by atoms with Gasteiger partial charge in [-0.3, -0.25) is 0 Å². The molecule has 0 N–H and O–H groups in total. The number of nitrogens with zero attached hydrogens (tertiary/aromatic N) is 4. The van der Waals surface area contributed by atoms with E-state index in [1.54, 1.807) is 0 Å². The summed E-state index contributed by atoms with van der Waals surface area (Å²) in [6.45, 7) is 8.41. The lowest BCUT2D eigenvalue weighted by Crippen LogP contribution is -2.17. The number of allylic oxidation sites excluding steroid dienone is 3. The Morgan fingerprint density at radius 2 is 0.726 bits per heavy atom. The summed E-state index contributed by atoms with van der Waals surface area (Å²) in [5, 5.41) is 0. The highest BCUT2D eigenvalue weighted by Crippen LogP contribution is 2.43. The van der Waals surface area contributed by atoms with Crippen LogP contribution in [0.2, 0.25) is 0 Å². The fourth-order valence-electron chi connectivity index (χ4n) is 8.32. The van der Waals surface area contributed by atoms with Crippen LogP contribution in [0.3, 0.4) is 0 Å². The van der Waals surface area contributed by atoms with Crippen LogP contribution >= 0.6 is 0 Å². The van der Waals surface area contributed by atoms with Gasteiger partial charge in [0, 0.05) is 68.3 Å². The van der Waals surface area contributed by atoms with Crippen molar-refractivity contribution < 1.29 is 0 Å². The summed E-state index contributed by atoms with van der Waals surface area (Å²) in [7, 11) is 0. The molecule has 0 radical (unpaired) electrons. The Bertz CT molecular complexity index is 2810. The largest absolute Gasteiger partial charge is 0.311 e. The first kappa shape index (κ1) is 39.6. The Labute approximate surface area is 366 Å². The van der Waals surface area contributed by atoms with Crippen molar-refractivity contribution in [2.24, 2.45) is 0 Å². The Kier molecular flexibility index (Phi) is 11.6. The minimum atomic E-state index is 1.03. The van der Waals surface area contributed by atoms with Crippen LogP contribution in [-0.4, -0.2) is 0 Å². The maximum absolute atomic E-state index is 4.04. The predicted molar refractivity (Wildman–Crippen MR) is 265 cm³/mol. The molecule has 4 heteroatoms. The minimum absolute atomic E-state index is 1.03. The molecule has 0 amide bonds. The molecule has 0 spiro atoms. The molecule has 4 nitrogen and oxygen atoms in total. The van der Waals surface area contributed by atoms with Crippen LogP contribution in [0.1, 0.15) is 30.9 Å². The van der Waals surface area contributed by atoms with Crippen LogP contribution in [0.5, 0.6) is 0 Å². The lowest BCUT2D eigenvalue weighted by Gasteiger charge is -2.31. The zero-order chi connectivity index (χ0) is 42.3. The Morgan fingerprint density at radius 3 is 1.15 bits per heavy atom. The van der Waals surface area contributed by atoms with Crippen LogP contribution in [0.25, 0.3) is 6.08 Å². The zero-order valence-electron chi connectivity index (χ0n) is 35.3. The normalized spacial score (nSPS) is 12.2. The summed E-state index contributed by atoms with van der Waals surface area (Å²) in [6, 6.07) is 75.7. The van der Waals surface area contributed by atoms with E-state index < -0.39 is 0 Å². The lowest BCUT2D eigenvalue weighted by atomic mass is 10.0. The predicted octanol–water partition coefficient (Wildman–Crippen LogP) is 16.8. The quantitative estimate of drug-likeness (QED) is 0.115. The lowest BCUT2D eigenvalue weighted by molar-refractivity contribution is 0.933. The van der Waals surface area contributed by atoms with Crippen molar-refractivity contribution in [2.45, 2.75) is 26.7 Å². The van der Waals surface area contributed by atoms with Gasteiger partial charge in [-0.1, -0.05) is 103 Å². The molecule has 0 saturated heterocycles. The average molecular weight is 803 g/mol. The number of hydrogen-bond donors (Lipinski definition) is 0. The van der Waals surface area contributed by atoms with Crippen LogP contribution in [0.4, 0.5) is 62.6 Å². The summed E-state index contributed by atoms with van der Waals surface area (Å²) in [4.78, 5) is 9.32. The van der Waals surface area contributed by atoms with Gasteiger partial charge >= 0.3 is 0 Å². The van der Waals surface area contributed by atoms with Crippen LogP contribution in [0.15, 0.2) is 242 Å². The van der Waals surface area contributed by atoms with Gasteiger partial charge in [0.05, 0.1) is 0 Å². The van der Waals surface area contributed by atoms with E-state index in [9.17, 15) is 0 Å². The number of benzene rings is 8. The summed E-state index contributed by atoms with van der Waals surface area (Å²) in [5.41, 5.74) is 16.8. The zero-order valence-corrected chi connectivity index (χ0v) is 35.3. The van der Waals surface area contributed by atoms with Crippen molar-refractivity contribution in [1.29, 1.82) is 0 Å². The van der Waals surface area contributed by atoms with Gasteiger partial charge < -0.3 is 19.6 Å². The van der Waals surface area contributed by atoms with Gasteiger partial charge in [0.15, 0.2) is 0 Å². The monoisotopic (exact) mass is 802 g/mol. The molecule has 0 fully saturated rings. The molecule has 9 rings (SSSR count). The number of aryl methyl sites for hydroxylation is 1. The third-order valence-corrected chi connectivity index (χ3v) is 11.3. The molecule has 0 bridgehead atoms. The van der Waals surface area contributed by atoms with Gasteiger partial charge in [0.2, 0.25) is 0 Å². The second kappa shape index (κ2) is 18.2. The fourth-order valence-corrected chi connectivity index (χ4v) is 8.32. The van der Waals surface area contributed by atoms with Gasteiger partial charge in [-0.15, -0.1) is 0 Å². The van der Waals surface area contributed by atoms with Gasteiger partial charge in [-0.05, 0) is 177 Å². The molecule has 1 aliphatic carbocycles. The van der Waals surface area contributed by atoms with E-state index in [0.717, 1.165) is 81.0 Å². The van der Waals surface area contributed by atoms with Gasteiger partial charge in [-0.2, -0.15) is 0 Å². The highest BCUT2D eigenvalue weighted by atomic mass is 15.2. The van der Waals surface area contributed by atoms with E-state index in [0.29, 0.717) is 0 Å². The molecular weight excluding hydrogens is 753 g/mol. The number of anilines is 11. The smallest absolute Gasteiger partial charge is 0.0467 e. The summed E-state index contributed by atoms with van der Waals surface area (Å²) in [6.07, 6.45) is 8.70. The fraction of sp³-hybridized carbons (Fsp3) is 0.0690. The molecule has 8 aromatic carbocycles. The van der Waals surface area contributed by atoms with Crippen molar-refractivity contribution in [2.75, 3.05) is 19.6 Å². The maximum Gasteiger partial charge on any atom is 0.0467 e. The second-order valence-corrected chi connectivity index (χ2v) is 15.7. The van der Waals surface area contributed by atoms with Crippen molar-refractivity contribution in [3.63, 3.8) is 0 Å². The number of para-hydroxylation sites is 3. The van der Waals surface area contributed by atoms with E-state index in [1.807, 2.05) is 6.08 Å². The summed E-state index contributed by atoms with van der Waals surface area (Å²) < 4.78 is 0. The number of hydrogen-bond acceptors (Lipinski definition) is 4. The van der Waals surface area contributed by atoms with Crippen LogP contribution < -0.4 is 19.6 Å².